The van der Waals surface area contributed by atoms with E-state index in [4.69, 9.17) is 16.7 Å². The molecule has 1 aliphatic rings. The van der Waals surface area contributed by atoms with Gasteiger partial charge in [-0.25, -0.2) is 9.78 Å². The lowest BCUT2D eigenvalue weighted by Gasteiger charge is -2.33. The van der Waals surface area contributed by atoms with Crippen LogP contribution in [0.5, 0.6) is 0 Å². The Balaban J connectivity index is 0.000000226. The molecule has 1 saturated carbocycles. The number of hydrogen-bond acceptors (Lipinski definition) is 5. The van der Waals surface area contributed by atoms with Gasteiger partial charge in [0.05, 0.1) is 5.56 Å². The number of nitrogens with one attached hydrogen (secondary N) is 1. The highest BCUT2D eigenvalue weighted by atomic mass is 79.9. The van der Waals surface area contributed by atoms with Gasteiger partial charge in [0.1, 0.15) is 5.60 Å². The second-order valence-corrected chi connectivity index (χ2v) is 10.5. The van der Waals surface area contributed by atoms with Crippen LogP contribution < -0.4 is 5.32 Å². The van der Waals surface area contributed by atoms with Crippen molar-refractivity contribution in [2.45, 2.75) is 37.3 Å². The highest BCUT2D eigenvalue weighted by molar-refractivity contribution is 9.10. The summed E-state index contributed by atoms with van der Waals surface area (Å²) in [4.78, 5) is 31.0. The maximum Gasteiger partial charge on any atom is 0.355 e. The van der Waals surface area contributed by atoms with Crippen LogP contribution in [-0.4, -0.2) is 43.7 Å². The first-order valence-electron chi connectivity index (χ1n) is 12.2. The number of aromatic carboxylic acids is 1. The zero-order valence-electron chi connectivity index (χ0n) is 20.8. The van der Waals surface area contributed by atoms with Gasteiger partial charge in [-0.2, -0.15) is 0 Å². The second-order valence-electron chi connectivity index (χ2n) is 9.14. The largest absolute Gasteiger partial charge is 0.476 e. The van der Waals surface area contributed by atoms with Crippen molar-refractivity contribution in [3.05, 3.63) is 106 Å². The summed E-state index contributed by atoms with van der Waals surface area (Å²) in [7, 11) is 0. The van der Waals surface area contributed by atoms with Gasteiger partial charge >= 0.3 is 5.97 Å². The van der Waals surface area contributed by atoms with Crippen molar-refractivity contribution in [1.82, 2.24) is 15.3 Å². The first-order chi connectivity index (χ1) is 18.7. The van der Waals surface area contributed by atoms with Crippen LogP contribution >= 0.6 is 27.5 Å². The summed E-state index contributed by atoms with van der Waals surface area (Å²) >= 11 is 9.28. The zero-order valence-corrected chi connectivity index (χ0v) is 23.1. The fourth-order valence-electron chi connectivity index (χ4n) is 4.34. The second kappa shape index (κ2) is 12.9. The molecule has 2 atom stereocenters. The molecule has 1 fully saturated rings. The van der Waals surface area contributed by atoms with Gasteiger partial charge in [-0.1, -0.05) is 53.8 Å². The third-order valence-electron chi connectivity index (χ3n) is 6.17. The molecule has 0 aliphatic heterocycles. The molecule has 7 nitrogen and oxygen atoms in total. The van der Waals surface area contributed by atoms with Crippen molar-refractivity contribution < 1.29 is 19.8 Å². The lowest BCUT2D eigenvalue weighted by atomic mass is 9.82. The van der Waals surface area contributed by atoms with Crippen molar-refractivity contribution in [3.63, 3.8) is 0 Å². The van der Waals surface area contributed by atoms with Gasteiger partial charge in [-0.3, -0.25) is 9.78 Å². The smallest absolute Gasteiger partial charge is 0.355 e. The fraction of sp³-hybridized carbons (Fsp3) is 0.200. The van der Waals surface area contributed by atoms with E-state index in [0.29, 0.717) is 28.8 Å². The Morgan fingerprint density at radius 2 is 1.92 bits per heavy atom. The molecule has 5 rings (SSSR count). The molecule has 4 aromatic rings. The van der Waals surface area contributed by atoms with Crippen LogP contribution in [0.25, 0.3) is 10.8 Å². The first-order valence-corrected chi connectivity index (χ1v) is 13.4. The van der Waals surface area contributed by atoms with Crippen LogP contribution in [0.15, 0.2) is 83.7 Å². The molecule has 0 spiro atoms. The Bertz CT molecular complexity index is 1560. The monoisotopic (exact) mass is 605 g/mol. The van der Waals surface area contributed by atoms with Crippen LogP contribution in [0, 0.1) is 11.8 Å². The molecule has 2 heterocycles. The van der Waals surface area contributed by atoms with E-state index < -0.39 is 11.6 Å². The molecule has 198 valence electrons. The highest BCUT2D eigenvalue weighted by Crippen LogP contribution is 2.28. The number of halogens is 2. The van der Waals surface area contributed by atoms with Gasteiger partial charge in [-0.15, -0.1) is 0 Å². The number of carboxylic acids is 1. The van der Waals surface area contributed by atoms with E-state index in [1.165, 1.54) is 12.4 Å². The lowest BCUT2D eigenvalue weighted by molar-refractivity contribution is 0.0452. The van der Waals surface area contributed by atoms with Gasteiger partial charge in [0.2, 0.25) is 0 Å². The Morgan fingerprint density at radius 1 is 1.10 bits per heavy atom. The number of carboxylic acid groups (broad SMARTS) is 1. The highest BCUT2D eigenvalue weighted by Gasteiger charge is 2.33. The molecular formula is C30H25BrClN3O4. The molecule has 1 aliphatic carbocycles. The third-order valence-corrected chi connectivity index (χ3v) is 6.84. The van der Waals surface area contributed by atoms with Gasteiger partial charge in [0, 0.05) is 51.5 Å². The lowest BCUT2D eigenvalue weighted by Crippen LogP contribution is -2.45. The quantitative estimate of drug-likeness (QED) is 0.251. The van der Waals surface area contributed by atoms with Crippen molar-refractivity contribution >= 4 is 50.2 Å². The van der Waals surface area contributed by atoms with Crippen molar-refractivity contribution in [1.29, 1.82) is 0 Å². The summed E-state index contributed by atoms with van der Waals surface area (Å²) in [6.07, 6.45) is 7.25. The van der Waals surface area contributed by atoms with E-state index in [2.05, 4.69) is 43.1 Å². The minimum absolute atomic E-state index is 0.109. The number of aliphatic hydroxyl groups is 1. The van der Waals surface area contributed by atoms with Crippen LogP contribution in [0.3, 0.4) is 0 Å². The molecular weight excluding hydrogens is 582 g/mol. The number of rotatable bonds is 3. The maximum absolute atomic E-state index is 12.4. The van der Waals surface area contributed by atoms with Crippen LogP contribution in [0.1, 0.15) is 52.1 Å². The predicted molar refractivity (Wildman–Crippen MR) is 154 cm³/mol. The summed E-state index contributed by atoms with van der Waals surface area (Å²) in [6.45, 7) is 0. The average Bonchev–Trinajstić information content (AvgIpc) is 2.92. The third kappa shape index (κ3) is 7.87. The summed E-state index contributed by atoms with van der Waals surface area (Å²) in [5, 5.41) is 24.8. The van der Waals surface area contributed by atoms with Crippen molar-refractivity contribution in [2.75, 3.05) is 0 Å². The minimum atomic E-state index is -1.12. The molecule has 0 radical (unpaired) electrons. The number of carbonyl (C=O) groups excluding carboxylic acids is 1. The zero-order chi connectivity index (χ0) is 27.8. The summed E-state index contributed by atoms with van der Waals surface area (Å²) in [5.74, 6) is 4.78. The molecule has 39 heavy (non-hydrogen) atoms. The van der Waals surface area contributed by atoms with E-state index in [9.17, 15) is 14.7 Å². The summed E-state index contributed by atoms with van der Waals surface area (Å²) in [6, 6.07) is 17.9. The topological polar surface area (TPSA) is 112 Å². The van der Waals surface area contributed by atoms with E-state index in [0.717, 1.165) is 28.3 Å². The SMILES string of the molecule is O=C(N[C@H]1CCC[C@@](O)(C#Cc2cccc(Cl)c2)C1)c1cncc(Br)c1.O=C(O)c1nccc2ccccc12. The molecule has 2 aromatic heterocycles. The summed E-state index contributed by atoms with van der Waals surface area (Å²) in [5.41, 5.74) is 0.238. The normalized spacial score (nSPS) is 18.2. The average molecular weight is 607 g/mol. The fourth-order valence-corrected chi connectivity index (χ4v) is 4.89. The number of benzene rings is 2. The maximum atomic E-state index is 12.4. The van der Waals surface area contributed by atoms with Gasteiger partial charge in [0.25, 0.3) is 5.91 Å². The van der Waals surface area contributed by atoms with E-state index in [-0.39, 0.29) is 17.6 Å². The number of hydrogen-bond donors (Lipinski definition) is 3. The molecule has 9 heteroatoms. The van der Waals surface area contributed by atoms with Crippen LogP contribution in [-0.2, 0) is 0 Å². The molecule has 2 aromatic carbocycles. The molecule has 1 amide bonds. The molecule has 0 saturated heterocycles. The number of nitrogens with zero attached hydrogens (tertiary/aromatic N) is 2. The number of aromatic nitrogens is 2. The van der Waals surface area contributed by atoms with E-state index >= 15 is 0 Å². The van der Waals surface area contributed by atoms with Gasteiger partial charge in [0.15, 0.2) is 5.69 Å². The van der Waals surface area contributed by atoms with Gasteiger partial charge in [-0.05, 0) is 70.9 Å². The Kier molecular flexibility index (Phi) is 9.31. The predicted octanol–water partition coefficient (Wildman–Crippen LogP) is 5.89. The number of carbonyl (C=O) groups is 2. The minimum Gasteiger partial charge on any atom is -0.476 e. The first kappa shape index (κ1) is 28.2. The Hall–Kier alpha value is -3.77. The number of fused-ring (bicyclic) bond motifs is 1. The number of amides is 1. The Labute approximate surface area is 239 Å². The molecule has 0 bridgehead atoms. The number of pyridine rings is 2. The molecule has 3 N–H and O–H groups in total. The van der Waals surface area contributed by atoms with E-state index in [1.807, 2.05) is 24.3 Å². The Morgan fingerprint density at radius 3 is 2.69 bits per heavy atom. The van der Waals surface area contributed by atoms with Gasteiger partial charge < -0.3 is 15.5 Å². The summed E-state index contributed by atoms with van der Waals surface area (Å²) < 4.78 is 0.748. The van der Waals surface area contributed by atoms with Crippen LogP contribution in [0.2, 0.25) is 5.02 Å². The van der Waals surface area contributed by atoms with Crippen LogP contribution in [0.4, 0.5) is 0 Å². The van der Waals surface area contributed by atoms with Crippen molar-refractivity contribution in [3.8, 4) is 11.8 Å². The van der Waals surface area contributed by atoms with Crippen molar-refractivity contribution in [2.24, 2.45) is 0 Å². The van der Waals surface area contributed by atoms with E-state index in [1.54, 1.807) is 42.6 Å². The standard InChI is InChI=1S/C20H18BrClN2O2.C10H7NO2/c21-16-10-15(12-23-13-16)19(25)24-18-5-2-7-20(26,11-18)8-6-14-3-1-4-17(22)9-14;12-10(13)9-8-4-2-1-3-7(8)5-6-11-9/h1,3-4,9-10,12-13,18,26H,2,5,7,11H2,(H,24,25);1-6H,(H,12,13)/t18-,20+;/m0./s1. The molecule has 0 unspecified atom stereocenters.